The van der Waals surface area contributed by atoms with Crippen molar-refractivity contribution in [3.8, 4) is 11.5 Å². The van der Waals surface area contributed by atoms with Crippen LogP contribution in [0.5, 0.6) is 11.5 Å². The van der Waals surface area contributed by atoms with Crippen LogP contribution < -0.4 is 41.9 Å². The zero-order chi connectivity index (χ0) is 22.7. The van der Waals surface area contributed by atoms with Crippen LogP contribution in [0.25, 0.3) is 0 Å². The first-order valence-corrected chi connectivity index (χ1v) is 13.9. The lowest BCUT2D eigenvalue weighted by Gasteiger charge is -2.44. The molecule has 160 valence electrons. The van der Waals surface area contributed by atoms with E-state index in [1.807, 2.05) is 0 Å². The van der Waals surface area contributed by atoms with Crippen molar-refractivity contribution in [2.24, 2.45) is 0 Å². The van der Waals surface area contributed by atoms with Crippen LogP contribution in [-0.2, 0) is 0 Å². The number of rotatable bonds is 2. The van der Waals surface area contributed by atoms with Gasteiger partial charge in [0.15, 0.2) is 8.07 Å². The summed E-state index contributed by atoms with van der Waals surface area (Å²) in [5.41, 5.74) is 5.22. The number of ether oxygens (including phenoxy) is 1. The molecule has 0 aromatic heterocycles. The molecule has 0 amide bonds. The van der Waals surface area contributed by atoms with Crippen molar-refractivity contribution in [3.63, 3.8) is 0 Å². The van der Waals surface area contributed by atoms with Crippen LogP contribution in [-0.4, -0.2) is 14.8 Å². The Labute approximate surface area is 201 Å². The number of hydrogen-bond donors (Lipinski definition) is 0. The van der Waals surface area contributed by atoms with Gasteiger partial charge in [-0.25, -0.2) is 0 Å². The molecule has 1 nitrogen and oxygen atoms in total. The molecule has 5 aromatic rings. The first-order valence-electron chi connectivity index (χ1n) is 11.9. The largest absolute Gasteiger partial charge is 0.458 e. The number of benzene rings is 5. The van der Waals surface area contributed by atoms with Gasteiger partial charge < -0.3 is 4.74 Å². The van der Waals surface area contributed by atoms with E-state index < -0.39 is 8.07 Å². The molecular weight excluding hydrogens is 427 g/mol. The van der Waals surface area contributed by atoms with E-state index in [9.17, 15) is 0 Å². The quantitative estimate of drug-likeness (QED) is 0.368. The van der Waals surface area contributed by atoms with Crippen LogP contribution in [0.3, 0.4) is 0 Å². The average Bonchev–Trinajstić information content (AvgIpc) is 2.90. The van der Waals surface area contributed by atoms with Gasteiger partial charge in [-0.1, -0.05) is 121 Å². The van der Waals surface area contributed by atoms with Crippen LogP contribution in [0.4, 0.5) is 0 Å². The van der Waals surface area contributed by atoms with Crippen molar-refractivity contribution >= 4 is 51.9 Å². The summed E-state index contributed by atoms with van der Waals surface area (Å²) >= 11 is 0. The third-order valence-corrected chi connectivity index (χ3v) is 12.5. The van der Waals surface area contributed by atoms with Crippen LogP contribution >= 0.6 is 0 Å². The molecule has 34 heavy (non-hydrogen) atoms. The highest BCUT2D eigenvalue weighted by atomic mass is 28.3. The van der Waals surface area contributed by atoms with Crippen LogP contribution in [0.2, 0.25) is 0 Å². The third-order valence-electron chi connectivity index (χ3n) is 7.61. The molecule has 3 heteroatoms. The van der Waals surface area contributed by atoms with E-state index in [4.69, 9.17) is 4.74 Å². The number of hydrogen-bond acceptors (Lipinski definition) is 1. The Morgan fingerprint density at radius 3 is 1.88 bits per heavy atom. The molecule has 2 heterocycles. The second kappa shape index (κ2) is 7.34. The van der Waals surface area contributed by atoms with Gasteiger partial charge in [0.25, 0.3) is 6.71 Å². The lowest BCUT2D eigenvalue weighted by Crippen LogP contribution is -2.87. The SMILES string of the molecule is Cc1cccc2c1Oc1cccc3c1B2c1ccccc1[Si]3(c1ccccc1)c1ccccc1. The molecule has 0 saturated carbocycles. The minimum absolute atomic E-state index is 0.180. The second-order valence-electron chi connectivity index (χ2n) is 9.32. The van der Waals surface area contributed by atoms with E-state index in [0.29, 0.717) is 0 Å². The minimum atomic E-state index is -2.55. The smallest absolute Gasteiger partial charge is 0.250 e. The molecule has 0 saturated heterocycles. The number of fused-ring (bicyclic) bond motifs is 4. The summed E-state index contributed by atoms with van der Waals surface area (Å²) in [5.74, 6) is 2.02. The lowest BCUT2D eigenvalue weighted by atomic mass is 9.35. The highest BCUT2D eigenvalue weighted by Gasteiger charge is 2.52. The maximum Gasteiger partial charge on any atom is 0.250 e. The molecule has 0 radical (unpaired) electrons. The number of aryl methyl sites for hydroxylation is 1. The summed E-state index contributed by atoms with van der Waals surface area (Å²) in [4.78, 5) is 0. The Balaban J connectivity index is 1.67. The van der Waals surface area contributed by atoms with Crippen LogP contribution in [0.15, 0.2) is 121 Å². The highest BCUT2D eigenvalue weighted by molar-refractivity contribution is 7.26. The summed E-state index contributed by atoms with van der Waals surface area (Å²) < 4.78 is 6.66. The summed E-state index contributed by atoms with van der Waals surface area (Å²) in [5, 5.41) is 5.75. The Morgan fingerprint density at radius 2 is 1.15 bits per heavy atom. The van der Waals surface area contributed by atoms with E-state index in [1.165, 1.54) is 42.7 Å². The maximum absolute atomic E-state index is 6.66. The Bertz CT molecular complexity index is 1510. The van der Waals surface area contributed by atoms with Crippen LogP contribution in [0, 0.1) is 6.92 Å². The fourth-order valence-corrected chi connectivity index (χ4v) is 11.6. The van der Waals surface area contributed by atoms with E-state index in [0.717, 1.165) is 11.5 Å². The Morgan fingerprint density at radius 1 is 0.559 bits per heavy atom. The predicted octanol–water partition coefficient (Wildman–Crippen LogP) is 2.31. The molecule has 0 atom stereocenters. The molecule has 0 bridgehead atoms. The monoisotopic (exact) mass is 450 g/mol. The van der Waals surface area contributed by atoms with E-state index in [1.54, 1.807) is 0 Å². The van der Waals surface area contributed by atoms with E-state index in [-0.39, 0.29) is 6.71 Å². The molecule has 0 spiro atoms. The van der Waals surface area contributed by atoms with E-state index in [2.05, 4.69) is 128 Å². The third kappa shape index (κ3) is 2.50. The summed E-state index contributed by atoms with van der Waals surface area (Å²) in [6.45, 7) is 2.33. The first-order chi connectivity index (χ1) is 16.8. The molecule has 2 aliphatic heterocycles. The first kappa shape index (κ1) is 19.6. The average molecular weight is 450 g/mol. The van der Waals surface area contributed by atoms with Gasteiger partial charge in [0, 0.05) is 0 Å². The van der Waals surface area contributed by atoms with Crippen molar-refractivity contribution in [1.29, 1.82) is 0 Å². The van der Waals surface area contributed by atoms with Crippen molar-refractivity contribution in [1.82, 2.24) is 0 Å². The Hall–Kier alpha value is -3.82. The fourth-order valence-electron chi connectivity index (χ4n) is 6.29. The fraction of sp³-hybridized carbons (Fsp3) is 0.0323. The molecule has 0 fully saturated rings. The Kier molecular flexibility index (Phi) is 4.24. The highest BCUT2D eigenvalue weighted by Crippen LogP contribution is 2.28. The van der Waals surface area contributed by atoms with E-state index >= 15 is 0 Å². The van der Waals surface area contributed by atoms with Gasteiger partial charge in [0.1, 0.15) is 11.5 Å². The summed E-state index contributed by atoms with van der Waals surface area (Å²) in [6.07, 6.45) is 0. The summed E-state index contributed by atoms with van der Waals surface area (Å²) in [7, 11) is -2.55. The predicted molar refractivity (Wildman–Crippen MR) is 146 cm³/mol. The van der Waals surface area contributed by atoms with Gasteiger partial charge in [-0.15, -0.1) is 0 Å². The van der Waals surface area contributed by atoms with Crippen molar-refractivity contribution < 1.29 is 4.74 Å². The second-order valence-corrected chi connectivity index (χ2v) is 13.0. The molecule has 7 rings (SSSR count). The van der Waals surface area contributed by atoms with Crippen molar-refractivity contribution in [2.45, 2.75) is 6.92 Å². The van der Waals surface area contributed by atoms with Gasteiger partial charge in [-0.2, -0.15) is 0 Å². The molecule has 0 N–H and O–H groups in total. The van der Waals surface area contributed by atoms with Crippen molar-refractivity contribution in [2.75, 3.05) is 0 Å². The van der Waals surface area contributed by atoms with Gasteiger partial charge in [0.2, 0.25) is 0 Å². The number of para-hydroxylation sites is 1. The maximum atomic E-state index is 6.66. The van der Waals surface area contributed by atoms with Gasteiger partial charge in [-0.3, -0.25) is 0 Å². The van der Waals surface area contributed by atoms with Crippen LogP contribution in [0.1, 0.15) is 5.56 Å². The topological polar surface area (TPSA) is 9.23 Å². The standard InChI is InChI=1S/C31H23BOSi/c1-22-12-10-18-26-31(22)33-27-19-11-21-29-30(27)32(26)25-17-8-9-20-28(25)34(29,23-13-4-2-5-14-23)24-15-6-3-7-16-24/h2-21H,1H3. The van der Waals surface area contributed by atoms with Crippen molar-refractivity contribution in [3.05, 3.63) is 127 Å². The zero-order valence-corrected chi connectivity index (χ0v) is 20.0. The molecule has 2 aliphatic rings. The van der Waals surface area contributed by atoms with Gasteiger partial charge in [-0.05, 0) is 50.2 Å². The normalized spacial score (nSPS) is 14.4. The minimum Gasteiger partial charge on any atom is -0.458 e. The molecule has 0 aliphatic carbocycles. The summed E-state index contributed by atoms with van der Waals surface area (Å²) in [6, 6.07) is 44.8. The van der Waals surface area contributed by atoms with Gasteiger partial charge >= 0.3 is 0 Å². The lowest BCUT2D eigenvalue weighted by molar-refractivity contribution is 0.484. The van der Waals surface area contributed by atoms with Gasteiger partial charge in [0.05, 0.1) is 0 Å². The molecular formula is C31H23BOSi. The molecule has 5 aromatic carbocycles. The zero-order valence-electron chi connectivity index (χ0n) is 19.0. The molecule has 0 unspecified atom stereocenters.